The normalized spacial score (nSPS) is 14.5. The van der Waals surface area contributed by atoms with E-state index in [4.69, 9.17) is 18.6 Å². The van der Waals surface area contributed by atoms with E-state index >= 15 is 0 Å². The maximum atomic E-state index is 14.8. The Balaban J connectivity index is 1.82. The molecule has 0 fully saturated rings. The number of nitrogens with zero attached hydrogens (tertiary/aromatic N) is 2. The summed E-state index contributed by atoms with van der Waals surface area (Å²) in [5.41, 5.74) is -0.667. The molecule has 2 amide bonds. The molecule has 11 heteroatoms. The molecule has 1 aromatic carbocycles. The smallest absolute Gasteiger partial charge is 0.408 e. The number of esters is 1. The van der Waals surface area contributed by atoms with Gasteiger partial charge in [0.25, 0.3) is 5.91 Å². The minimum Gasteiger partial charge on any atom is -0.494 e. The molecule has 0 radical (unpaired) electrons. The minimum absolute atomic E-state index is 0.00559. The Hall–Kier alpha value is -4.15. The molecule has 1 aliphatic rings. The van der Waals surface area contributed by atoms with Gasteiger partial charge >= 0.3 is 12.1 Å². The van der Waals surface area contributed by atoms with Crippen molar-refractivity contribution >= 4 is 28.9 Å². The lowest BCUT2D eigenvalue weighted by atomic mass is 9.95. The number of aryl methyl sites for hydroxylation is 1. The second-order valence-electron chi connectivity index (χ2n) is 7.76. The van der Waals surface area contributed by atoms with E-state index in [1.165, 1.54) is 24.1 Å². The summed E-state index contributed by atoms with van der Waals surface area (Å²) in [6, 6.07) is 6.17. The maximum Gasteiger partial charge on any atom is 0.408 e. The van der Waals surface area contributed by atoms with Crippen LogP contribution >= 0.6 is 0 Å². The van der Waals surface area contributed by atoms with Crippen LogP contribution in [-0.4, -0.2) is 55.7 Å². The Bertz CT molecular complexity index is 1310. The van der Waals surface area contributed by atoms with E-state index in [0.29, 0.717) is 22.2 Å². The van der Waals surface area contributed by atoms with Gasteiger partial charge in [0.05, 0.1) is 33.4 Å². The number of benzene rings is 1. The van der Waals surface area contributed by atoms with Gasteiger partial charge in [-0.25, -0.2) is 14.0 Å². The second-order valence-corrected chi connectivity index (χ2v) is 7.76. The summed E-state index contributed by atoms with van der Waals surface area (Å²) in [6.45, 7) is 1.33. The molecule has 2 aromatic heterocycles. The average molecular weight is 471 g/mol. The molecule has 3 aromatic rings. The van der Waals surface area contributed by atoms with E-state index in [2.05, 4.69) is 10.3 Å². The van der Waals surface area contributed by atoms with Crippen LogP contribution in [0.1, 0.15) is 27.4 Å². The summed E-state index contributed by atoms with van der Waals surface area (Å²) in [5.74, 6) is -2.49. The Morgan fingerprint density at radius 2 is 2.00 bits per heavy atom. The first kappa shape index (κ1) is 23.0. The van der Waals surface area contributed by atoms with Crippen molar-refractivity contribution in [2.45, 2.75) is 19.0 Å². The molecule has 1 atom stereocenters. The van der Waals surface area contributed by atoms with Crippen LogP contribution in [-0.2, 0) is 26.4 Å². The van der Waals surface area contributed by atoms with Crippen molar-refractivity contribution < 1.29 is 37.4 Å². The average Bonchev–Trinajstić information content (AvgIpc) is 3.39. The van der Waals surface area contributed by atoms with E-state index in [0.717, 1.165) is 14.2 Å². The van der Waals surface area contributed by atoms with Gasteiger partial charge < -0.3 is 23.5 Å². The van der Waals surface area contributed by atoms with Crippen molar-refractivity contribution in [2.24, 2.45) is 0 Å². The van der Waals surface area contributed by atoms with Crippen LogP contribution in [0.3, 0.4) is 0 Å². The number of nitrogens with one attached hydrogen (secondary N) is 1. The molecule has 178 valence electrons. The Morgan fingerprint density at radius 3 is 2.68 bits per heavy atom. The number of halogens is 1. The third-order valence-electron chi connectivity index (χ3n) is 5.70. The number of hydrogen-bond donors (Lipinski definition) is 1. The van der Waals surface area contributed by atoms with Crippen LogP contribution in [0.5, 0.6) is 5.75 Å². The SMILES string of the molecule is COC(=O)N[C@](CN1Cc2ccc(OC)c(F)c2C1=O)(C(=O)OC)c1cc2cnc(C)cc2o1. The van der Waals surface area contributed by atoms with E-state index < -0.39 is 35.9 Å². The van der Waals surface area contributed by atoms with Crippen molar-refractivity contribution in [3.63, 3.8) is 0 Å². The molecule has 10 nitrogen and oxygen atoms in total. The van der Waals surface area contributed by atoms with Gasteiger partial charge in [-0.15, -0.1) is 0 Å². The summed E-state index contributed by atoms with van der Waals surface area (Å²) >= 11 is 0. The fourth-order valence-corrected chi connectivity index (χ4v) is 4.00. The minimum atomic E-state index is -1.99. The monoisotopic (exact) mass is 471 g/mol. The van der Waals surface area contributed by atoms with Gasteiger partial charge in [0.15, 0.2) is 11.6 Å². The number of alkyl carbamates (subject to hydrolysis) is 1. The highest BCUT2D eigenvalue weighted by atomic mass is 19.1. The Morgan fingerprint density at radius 1 is 1.24 bits per heavy atom. The molecule has 3 heterocycles. The van der Waals surface area contributed by atoms with Gasteiger partial charge in [0.1, 0.15) is 11.3 Å². The molecule has 0 saturated heterocycles. The molecule has 1 N–H and O–H groups in total. The van der Waals surface area contributed by atoms with Gasteiger partial charge in [-0.2, -0.15) is 0 Å². The summed E-state index contributed by atoms with van der Waals surface area (Å²) in [7, 11) is 3.56. The van der Waals surface area contributed by atoms with Crippen LogP contribution in [0, 0.1) is 12.7 Å². The lowest BCUT2D eigenvalue weighted by Gasteiger charge is -2.33. The summed E-state index contributed by atoms with van der Waals surface area (Å²) < 4.78 is 35.5. The van der Waals surface area contributed by atoms with Gasteiger partial charge in [0.2, 0.25) is 5.54 Å². The number of methoxy groups -OCH3 is 3. The van der Waals surface area contributed by atoms with Crippen molar-refractivity contribution in [3.8, 4) is 5.75 Å². The number of ether oxygens (including phenoxy) is 3. The highest BCUT2D eigenvalue weighted by Gasteiger charge is 2.50. The number of hydrogen-bond acceptors (Lipinski definition) is 8. The topological polar surface area (TPSA) is 120 Å². The maximum absolute atomic E-state index is 14.8. The second kappa shape index (κ2) is 8.65. The van der Waals surface area contributed by atoms with Gasteiger partial charge in [0, 0.05) is 29.9 Å². The lowest BCUT2D eigenvalue weighted by Crippen LogP contribution is -2.58. The zero-order valence-corrected chi connectivity index (χ0v) is 18.9. The fourth-order valence-electron chi connectivity index (χ4n) is 4.00. The number of furan rings is 1. The fraction of sp³-hybridized carbons (Fsp3) is 0.304. The first-order chi connectivity index (χ1) is 16.2. The largest absolute Gasteiger partial charge is 0.494 e. The molecular weight excluding hydrogens is 449 g/mol. The standard InChI is InChI=1S/C23H22FN3O7/c1-12-7-16-14(9-25-12)8-17(34-16)23(21(29)32-3,26-22(30)33-4)11-27-10-13-5-6-15(31-2)19(24)18(13)20(27)28/h5-9H,10-11H2,1-4H3,(H,26,30)/t23-/m0/s1. The van der Waals surface area contributed by atoms with Gasteiger partial charge in [-0.1, -0.05) is 6.07 Å². The van der Waals surface area contributed by atoms with Crippen molar-refractivity contribution in [3.05, 3.63) is 58.9 Å². The molecule has 34 heavy (non-hydrogen) atoms. The number of amides is 2. The quantitative estimate of drug-likeness (QED) is 0.545. The van der Waals surface area contributed by atoms with Crippen molar-refractivity contribution in [1.82, 2.24) is 15.2 Å². The molecule has 0 aliphatic carbocycles. The number of fused-ring (bicyclic) bond motifs is 2. The van der Waals surface area contributed by atoms with E-state index in [1.54, 1.807) is 25.3 Å². The van der Waals surface area contributed by atoms with Crippen molar-refractivity contribution in [2.75, 3.05) is 27.9 Å². The van der Waals surface area contributed by atoms with Crippen LogP contribution in [0.4, 0.5) is 9.18 Å². The van der Waals surface area contributed by atoms with Crippen LogP contribution in [0.2, 0.25) is 0 Å². The molecule has 4 rings (SSSR count). The third-order valence-corrected chi connectivity index (χ3v) is 5.70. The predicted molar refractivity (Wildman–Crippen MR) is 116 cm³/mol. The van der Waals surface area contributed by atoms with E-state index in [9.17, 15) is 18.8 Å². The number of carbonyl (C=O) groups is 3. The Labute approximate surface area is 193 Å². The number of carbonyl (C=O) groups excluding carboxylic acids is 3. The molecule has 1 aliphatic heterocycles. The molecule has 0 bridgehead atoms. The van der Waals surface area contributed by atoms with Gasteiger partial charge in [-0.3, -0.25) is 15.1 Å². The zero-order chi connectivity index (χ0) is 24.6. The number of rotatable bonds is 6. The summed E-state index contributed by atoms with van der Waals surface area (Å²) in [4.78, 5) is 44.1. The van der Waals surface area contributed by atoms with Crippen LogP contribution in [0.25, 0.3) is 11.0 Å². The van der Waals surface area contributed by atoms with Gasteiger partial charge in [-0.05, 0) is 24.6 Å². The first-order valence-corrected chi connectivity index (χ1v) is 10.2. The molecular formula is C23H22FN3O7. The number of pyridine rings is 1. The van der Waals surface area contributed by atoms with E-state index in [-0.39, 0.29) is 23.6 Å². The molecule has 0 spiro atoms. The van der Waals surface area contributed by atoms with Crippen LogP contribution < -0.4 is 10.1 Å². The third kappa shape index (κ3) is 3.68. The van der Waals surface area contributed by atoms with Crippen LogP contribution in [0.15, 0.2) is 34.9 Å². The highest BCUT2D eigenvalue weighted by Crippen LogP contribution is 2.35. The predicted octanol–water partition coefficient (Wildman–Crippen LogP) is 2.66. The van der Waals surface area contributed by atoms with E-state index in [1.807, 2.05) is 0 Å². The number of aromatic nitrogens is 1. The molecule has 0 unspecified atom stereocenters. The highest BCUT2D eigenvalue weighted by molar-refractivity contribution is 6.00. The zero-order valence-electron chi connectivity index (χ0n) is 18.9. The summed E-state index contributed by atoms with van der Waals surface area (Å²) in [6.07, 6.45) is 0.591. The first-order valence-electron chi connectivity index (χ1n) is 10.2. The van der Waals surface area contributed by atoms with Crippen molar-refractivity contribution in [1.29, 1.82) is 0 Å². The molecule has 0 saturated carbocycles. The Kier molecular flexibility index (Phi) is 5.86. The summed E-state index contributed by atoms with van der Waals surface area (Å²) in [5, 5.41) is 3.03. The lowest BCUT2D eigenvalue weighted by molar-refractivity contribution is -0.150.